The van der Waals surface area contributed by atoms with E-state index in [4.69, 9.17) is 0 Å². The first-order valence-electron chi connectivity index (χ1n) is 12.2. The third-order valence-corrected chi connectivity index (χ3v) is 7.47. The minimum absolute atomic E-state index is 0.0978. The van der Waals surface area contributed by atoms with Crippen molar-refractivity contribution >= 4 is 68.6 Å². The number of aryl methyl sites for hydroxylation is 1. The maximum Gasteiger partial charge on any atom is 0.272 e. The topological polar surface area (TPSA) is 129 Å². The second-order valence-corrected chi connectivity index (χ2v) is 10.8. The summed E-state index contributed by atoms with van der Waals surface area (Å²) in [6.07, 6.45) is 3.44. The van der Waals surface area contributed by atoms with E-state index in [0.717, 1.165) is 26.4 Å². The van der Waals surface area contributed by atoms with Gasteiger partial charge in [-0.1, -0.05) is 47.7 Å². The number of rotatable bonds is 9. The summed E-state index contributed by atoms with van der Waals surface area (Å²) in [4.78, 5) is 42.5. The van der Waals surface area contributed by atoms with Crippen LogP contribution < -0.4 is 16.0 Å². The number of thioether (sulfide) groups is 1. The average molecular weight is 569 g/mol. The highest BCUT2D eigenvalue weighted by Crippen LogP contribution is 2.23. The average Bonchev–Trinajstić information content (AvgIpc) is 3.58. The zero-order valence-corrected chi connectivity index (χ0v) is 22.9. The molecule has 11 heteroatoms. The molecule has 0 radical (unpaired) electrons. The normalized spacial score (nSPS) is 11.3. The number of H-pyrrole nitrogens is 1. The highest BCUT2D eigenvalue weighted by Gasteiger charge is 2.16. The van der Waals surface area contributed by atoms with E-state index in [-0.39, 0.29) is 17.4 Å². The minimum Gasteiger partial charge on any atom is -0.361 e. The van der Waals surface area contributed by atoms with Crippen LogP contribution in [0.25, 0.3) is 17.0 Å². The number of amides is 3. The van der Waals surface area contributed by atoms with E-state index in [9.17, 15) is 14.4 Å². The smallest absolute Gasteiger partial charge is 0.272 e. The Kier molecular flexibility index (Phi) is 8.33. The van der Waals surface area contributed by atoms with Crippen LogP contribution in [0, 0.1) is 6.92 Å². The molecule has 0 saturated heterocycles. The largest absolute Gasteiger partial charge is 0.361 e. The van der Waals surface area contributed by atoms with Crippen LogP contribution >= 0.6 is 23.1 Å². The molecule has 0 aliphatic rings. The fourth-order valence-electron chi connectivity index (χ4n) is 3.80. The molecule has 0 aliphatic heterocycles. The first kappa shape index (κ1) is 26.9. The van der Waals surface area contributed by atoms with Crippen LogP contribution in [0.4, 0.5) is 10.8 Å². The lowest BCUT2D eigenvalue weighted by Crippen LogP contribution is -2.30. The zero-order chi connectivity index (χ0) is 27.9. The van der Waals surface area contributed by atoms with Gasteiger partial charge in [0.15, 0.2) is 0 Å². The summed E-state index contributed by atoms with van der Waals surface area (Å²) in [5.41, 5.74) is 2.76. The SMILES string of the molecule is Cc1nnc(NC(=O)CSc2ccc(NC(=O)/C(=C\c3c[nH]c4ccccc34)NC(=O)c3ccccc3)cc2)s1. The van der Waals surface area contributed by atoms with Crippen molar-refractivity contribution in [1.82, 2.24) is 20.5 Å². The number of carbonyl (C=O) groups is 3. The summed E-state index contributed by atoms with van der Waals surface area (Å²) in [5.74, 6) is -0.843. The maximum absolute atomic E-state index is 13.3. The van der Waals surface area contributed by atoms with Crippen molar-refractivity contribution in [1.29, 1.82) is 0 Å². The molecule has 4 N–H and O–H groups in total. The van der Waals surface area contributed by atoms with Gasteiger partial charge in [-0.15, -0.1) is 22.0 Å². The third-order valence-electron chi connectivity index (χ3n) is 5.70. The predicted octanol–water partition coefficient (Wildman–Crippen LogP) is 5.47. The van der Waals surface area contributed by atoms with E-state index in [0.29, 0.717) is 16.4 Å². The summed E-state index contributed by atoms with van der Waals surface area (Å²) in [7, 11) is 0. The highest BCUT2D eigenvalue weighted by molar-refractivity contribution is 8.00. The molecule has 3 amide bonds. The Morgan fingerprint density at radius 2 is 1.68 bits per heavy atom. The Morgan fingerprint density at radius 3 is 2.42 bits per heavy atom. The minimum atomic E-state index is -0.471. The van der Waals surface area contributed by atoms with E-state index >= 15 is 0 Å². The van der Waals surface area contributed by atoms with Crippen molar-refractivity contribution < 1.29 is 14.4 Å². The van der Waals surface area contributed by atoms with Crippen molar-refractivity contribution in [2.75, 3.05) is 16.4 Å². The molecule has 3 aromatic carbocycles. The van der Waals surface area contributed by atoms with Crippen LogP contribution in [-0.4, -0.2) is 38.7 Å². The number of nitrogens with zero attached hydrogens (tertiary/aromatic N) is 2. The van der Waals surface area contributed by atoms with E-state index in [1.54, 1.807) is 48.7 Å². The van der Waals surface area contributed by atoms with Gasteiger partial charge in [-0.3, -0.25) is 19.7 Å². The molecule has 2 heterocycles. The monoisotopic (exact) mass is 568 g/mol. The van der Waals surface area contributed by atoms with Gasteiger partial charge in [-0.2, -0.15) is 0 Å². The molecule has 40 heavy (non-hydrogen) atoms. The van der Waals surface area contributed by atoms with Crippen molar-refractivity contribution in [2.45, 2.75) is 11.8 Å². The van der Waals surface area contributed by atoms with Crippen LogP contribution in [0.15, 0.2) is 95.7 Å². The van der Waals surface area contributed by atoms with E-state index in [2.05, 4.69) is 31.1 Å². The Balaban J connectivity index is 1.28. The predicted molar refractivity (Wildman–Crippen MR) is 159 cm³/mol. The maximum atomic E-state index is 13.3. The summed E-state index contributed by atoms with van der Waals surface area (Å²) in [6.45, 7) is 1.82. The summed E-state index contributed by atoms with van der Waals surface area (Å²) < 4.78 is 0. The van der Waals surface area contributed by atoms with E-state index in [1.165, 1.54) is 23.1 Å². The molecule has 0 atom stereocenters. The van der Waals surface area contributed by atoms with Gasteiger partial charge in [-0.05, 0) is 55.5 Å². The molecule has 0 aliphatic carbocycles. The Bertz CT molecular complexity index is 1690. The first-order chi connectivity index (χ1) is 19.4. The standard InChI is InChI=1S/C29H24N6O3S2/c1-18-34-35-29(40-18)33-26(36)17-39-22-13-11-21(12-14-22)31-28(38)25(32-27(37)19-7-3-2-4-8-19)15-20-16-30-24-10-6-5-9-23(20)24/h2-16,30H,17H2,1H3,(H,31,38)(H,32,37)(H,33,35,36)/b25-15+. The lowest BCUT2D eigenvalue weighted by molar-refractivity contribution is -0.114. The number of para-hydroxylation sites is 1. The van der Waals surface area contributed by atoms with Gasteiger partial charge in [0.05, 0.1) is 5.75 Å². The summed E-state index contributed by atoms with van der Waals surface area (Å²) in [5, 5.41) is 18.3. The zero-order valence-electron chi connectivity index (χ0n) is 21.3. The molecule has 200 valence electrons. The molecular weight excluding hydrogens is 544 g/mol. The Labute approximate surface area is 238 Å². The quantitative estimate of drug-likeness (QED) is 0.138. The van der Waals surface area contributed by atoms with Crippen molar-refractivity contribution in [3.8, 4) is 0 Å². The van der Waals surface area contributed by atoms with Gasteiger partial charge in [0.25, 0.3) is 11.8 Å². The molecular formula is C29H24N6O3S2. The van der Waals surface area contributed by atoms with E-state index in [1.807, 2.05) is 49.4 Å². The Morgan fingerprint density at radius 1 is 0.925 bits per heavy atom. The molecule has 9 nitrogen and oxygen atoms in total. The van der Waals surface area contributed by atoms with Gasteiger partial charge in [0.1, 0.15) is 10.7 Å². The second-order valence-electron chi connectivity index (χ2n) is 8.61. The molecule has 0 bridgehead atoms. The van der Waals surface area contributed by atoms with Crippen LogP contribution in [0.5, 0.6) is 0 Å². The number of hydrogen-bond acceptors (Lipinski definition) is 7. The highest BCUT2D eigenvalue weighted by atomic mass is 32.2. The number of nitrogens with one attached hydrogen (secondary N) is 4. The van der Waals surface area contributed by atoms with Gasteiger partial charge in [-0.25, -0.2) is 0 Å². The van der Waals surface area contributed by atoms with Gasteiger partial charge in [0.2, 0.25) is 11.0 Å². The number of aromatic nitrogens is 3. The fourth-order valence-corrected chi connectivity index (χ4v) is 5.10. The van der Waals surface area contributed by atoms with Crippen LogP contribution in [0.1, 0.15) is 20.9 Å². The first-order valence-corrected chi connectivity index (χ1v) is 14.0. The molecule has 0 spiro atoms. The molecule has 5 rings (SSSR count). The van der Waals surface area contributed by atoms with Crippen LogP contribution in [0.3, 0.4) is 0 Å². The van der Waals surface area contributed by atoms with Crippen LogP contribution in [0.2, 0.25) is 0 Å². The number of hydrogen-bond donors (Lipinski definition) is 4. The number of benzene rings is 3. The molecule has 0 saturated carbocycles. The molecule has 2 aromatic heterocycles. The second kappa shape index (κ2) is 12.4. The van der Waals surface area contributed by atoms with Gasteiger partial charge < -0.3 is 15.6 Å². The molecule has 0 fully saturated rings. The molecule has 5 aromatic rings. The lowest BCUT2D eigenvalue weighted by atomic mass is 10.1. The number of fused-ring (bicyclic) bond motifs is 1. The van der Waals surface area contributed by atoms with E-state index < -0.39 is 11.8 Å². The Hall–Kier alpha value is -4.74. The van der Waals surface area contributed by atoms with Crippen LogP contribution in [-0.2, 0) is 9.59 Å². The molecule has 0 unspecified atom stereocenters. The van der Waals surface area contributed by atoms with Crippen molar-refractivity contribution in [3.63, 3.8) is 0 Å². The summed E-state index contributed by atoms with van der Waals surface area (Å²) in [6, 6.07) is 23.5. The number of anilines is 2. The number of aromatic amines is 1. The van der Waals surface area contributed by atoms with Gasteiger partial charge in [0, 0.05) is 38.8 Å². The third kappa shape index (κ3) is 6.82. The van der Waals surface area contributed by atoms with Crippen molar-refractivity contribution in [3.05, 3.63) is 107 Å². The lowest BCUT2D eigenvalue weighted by Gasteiger charge is -2.12. The van der Waals surface area contributed by atoms with Gasteiger partial charge >= 0.3 is 0 Å². The fraction of sp³-hybridized carbons (Fsp3) is 0.0690. The van der Waals surface area contributed by atoms with Crippen molar-refractivity contribution in [2.24, 2.45) is 0 Å². The summed E-state index contributed by atoms with van der Waals surface area (Å²) >= 11 is 2.67. The number of carbonyl (C=O) groups excluding carboxylic acids is 3.